The molecule has 0 fully saturated rings. The lowest BCUT2D eigenvalue weighted by Crippen LogP contribution is -2.37. The van der Waals surface area contributed by atoms with E-state index in [1.165, 1.54) is 0 Å². The van der Waals surface area contributed by atoms with Crippen molar-refractivity contribution in [3.63, 3.8) is 0 Å². The van der Waals surface area contributed by atoms with Gasteiger partial charge in [-0.3, -0.25) is 14.7 Å². The third-order valence-electron chi connectivity index (χ3n) is 2.95. The Morgan fingerprint density at radius 1 is 1.25 bits per heavy atom. The number of nitrogens with zero attached hydrogens (tertiary/aromatic N) is 2. The van der Waals surface area contributed by atoms with Gasteiger partial charge in [0.05, 0.1) is 13.1 Å². The first-order valence-corrected chi connectivity index (χ1v) is 6.93. The van der Waals surface area contributed by atoms with Gasteiger partial charge in [0.15, 0.2) is 0 Å². The molecule has 0 aliphatic heterocycles. The number of amides is 1. The highest BCUT2D eigenvalue weighted by Crippen LogP contribution is 2.02. The standard InChI is InChI=1S/C16H23N3O/c1-13(2)19(14(3)4)12-8-7-11-18-16(20)15-9-5-6-10-17-15/h5-6,9-10,13-14H,11-12H2,1-4H3,(H,18,20). The average molecular weight is 273 g/mol. The topological polar surface area (TPSA) is 45.2 Å². The van der Waals surface area contributed by atoms with Crippen LogP contribution < -0.4 is 5.32 Å². The largest absolute Gasteiger partial charge is 0.340 e. The van der Waals surface area contributed by atoms with Gasteiger partial charge in [0.2, 0.25) is 0 Å². The molecule has 0 radical (unpaired) electrons. The van der Waals surface area contributed by atoms with Crippen LogP contribution in [0.5, 0.6) is 0 Å². The Balaban J connectivity index is 2.38. The van der Waals surface area contributed by atoms with Gasteiger partial charge in [-0.1, -0.05) is 17.9 Å². The van der Waals surface area contributed by atoms with Crippen molar-refractivity contribution >= 4 is 5.91 Å². The Kier molecular flexibility index (Phi) is 6.75. The molecule has 1 aromatic heterocycles. The molecular weight excluding hydrogens is 250 g/mol. The van der Waals surface area contributed by atoms with Gasteiger partial charge in [0, 0.05) is 18.3 Å². The minimum absolute atomic E-state index is 0.190. The monoisotopic (exact) mass is 273 g/mol. The third kappa shape index (κ3) is 5.41. The molecule has 1 aromatic rings. The summed E-state index contributed by atoms with van der Waals surface area (Å²) in [5.74, 6) is 5.88. The summed E-state index contributed by atoms with van der Waals surface area (Å²) in [6, 6.07) is 6.18. The van der Waals surface area contributed by atoms with Gasteiger partial charge >= 0.3 is 0 Å². The molecule has 0 spiro atoms. The summed E-state index contributed by atoms with van der Waals surface area (Å²) in [6.07, 6.45) is 1.60. The summed E-state index contributed by atoms with van der Waals surface area (Å²) in [4.78, 5) is 18.0. The van der Waals surface area contributed by atoms with Crippen molar-refractivity contribution in [1.82, 2.24) is 15.2 Å². The lowest BCUT2D eigenvalue weighted by Gasteiger charge is -2.28. The molecule has 1 heterocycles. The van der Waals surface area contributed by atoms with Crippen LogP contribution in [0.4, 0.5) is 0 Å². The zero-order valence-corrected chi connectivity index (χ0v) is 12.7. The van der Waals surface area contributed by atoms with Crippen molar-refractivity contribution < 1.29 is 4.79 Å². The van der Waals surface area contributed by atoms with Crippen LogP contribution in [-0.4, -0.2) is 41.0 Å². The fourth-order valence-electron chi connectivity index (χ4n) is 1.88. The zero-order valence-electron chi connectivity index (χ0n) is 12.7. The molecule has 0 aliphatic rings. The maximum atomic E-state index is 11.7. The lowest BCUT2D eigenvalue weighted by atomic mass is 10.2. The summed E-state index contributed by atoms with van der Waals surface area (Å²) in [5, 5.41) is 2.74. The van der Waals surface area contributed by atoms with E-state index in [0.29, 0.717) is 24.3 Å². The van der Waals surface area contributed by atoms with E-state index < -0.39 is 0 Å². The summed E-state index contributed by atoms with van der Waals surface area (Å²) in [5.41, 5.74) is 0.417. The van der Waals surface area contributed by atoms with E-state index in [0.717, 1.165) is 6.54 Å². The SMILES string of the molecule is CC(C)N(CC#CCNC(=O)c1ccccn1)C(C)C. The summed E-state index contributed by atoms with van der Waals surface area (Å²) in [7, 11) is 0. The van der Waals surface area contributed by atoms with Crippen molar-refractivity contribution in [3.05, 3.63) is 30.1 Å². The van der Waals surface area contributed by atoms with E-state index in [1.54, 1.807) is 24.4 Å². The number of hydrogen-bond acceptors (Lipinski definition) is 3. The number of hydrogen-bond donors (Lipinski definition) is 1. The summed E-state index contributed by atoms with van der Waals surface area (Å²) >= 11 is 0. The number of carbonyl (C=O) groups excluding carboxylic acids is 1. The van der Waals surface area contributed by atoms with Crippen molar-refractivity contribution in [3.8, 4) is 11.8 Å². The maximum absolute atomic E-state index is 11.7. The van der Waals surface area contributed by atoms with E-state index >= 15 is 0 Å². The molecule has 0 saturated carbocycles. The smallest absolute Gasteiger partial charge is 0.270 e. The van der Waals surface area contributed by atoms with Crippen LogP contribution in [0.3, 0.4) is 0 Å². The molecule has 0 unspecified atom stereocenters. The van der Waals surface area contributed by atoms with Gasteiger partial charge in [-0.15, -0.1) is 0 Å². The van der Waals surface area contributed by atoms with E-state index in [-0.39, 0.29) is 5.91 Å². The number of aromatic nitrogens is 1. The summed E-state index contributed by atoms with van der Waals surface area (Å²) in [6.45, 7) is 9.69. The Labute approximate surface area is 121 Å². The molecule has 0 saturated heterocycles. The zero-order chi connectivity index (χ0) is 15.0. The van der Waals surface area contributed by atoms with E-state index in [9.17, 15) is 4.79 Å². The van der Waals surface area contributed by atoms with Crippen LogP contribution in [0.2, 0.25) is 0 Å². The number of carbonyl (C=O) groups is 1. The molecule has 0 aliphatic carbocycles. The van der Waals surface area contributed by atoms with Gasteiger partial charge in [-0.2, -0.15) is 0 Å². The molecule has 108 valence electrons. The molecule has 1 rings (SSSR count). The highest BCUT2D eigenvalue weighted by Gasteiger charge is 2.10. The van der Waals surface area contributed by atoms with E-state index in [2.05, 4.69) is 54.7 Å². The van der Waals surface area contributed by atoms with Crippen LogP contribution in [0, 0.1) is 11.8 Å². The van der Waals surface area contributed by atoms with E-state index in [1.807, 2.05) is 0 Å². The highest BCUT2D eigenvalue weighted by atomic mass is 16.1. The Morgan fingerprint density at radius 3 is 2.50 bits per heavy atom. The third-order valence-corrected chi connectivity index (χ3v) is 2.95. The van der Waals surface area contributed by atoms with Crippen LogP contribution >= 0.6 is 0 Å². The molecule has 0 atom stereocenters. The molecule has 4 nitrogen and oxygen atoms in total. The van der Waals surface area contributed by atoms with Crippen molar-refractivity contribution in [1.29, 1.82) is 0 Å². The second-order valence-electron chi connectivity index (χ2n) is 5.11. The number of pyridine rings is 1. The molecule has 0 bridgehead atoms. The minimum atomic E-state index is -0.190. The summed E-state index contributed by atoms with van der Waals surface area (Å²) < 4.78 is 0. The van der Waals surface area contributed by atoms with Crippen LogP contribution in [0.25, 0.3) is 0 Å². The molecule has 1 amide bonds. The van der Waals surface area contributed by atoms with Gasteiger partial charge in [-0.25, -0.2) is 0 Å². The van der Waals surface area contributed by atoms with Crippen molar-refractivity contribution in [2.45, 2.75) is 39.8 Å². The first-order valence-electron chi connectivity index (χ1n) is 6.93. The van der Waals surface area contributed by atoms with Gasteiger partial charge in [-0.05, 0) is 39.8 Å². The Bertz CT molecular complexity index is 463. The highest BCUT2D eigenvalue weighted by molar-refractivity contribution is 5.92. The Morgan fingerprint density at radius 2 is 1.95 bits per heavy atom. The first-order chi connectivity index (χ1) is 9.52. The fourth-order valence-corrected chi connectivity index (χ4v) is 1.88. The predicted octanol–water partition coefficient (Wildman–Crippen LogP) is 1.93. The number of nitrogens with one attached hydrogen (secondary N) is 1. The molecule has 1 N–H and O–H groups in total. The van der Waals surface area contributed by atoms with Crippen LogP contribution in [0.15, 0.2) is 24.4 Å². The minimum Gasteiger partial charge on any atom is -0.340 e. The van der Waals surface area contributed by atoms with Gasteiger partial charge < -0.3 is 5.32 Å². The quantitative estimate of drug-likeness (QED) is 0.834. The second-order valence-corrected chi connectivity index (χ2v) is 5.11. The van der Waals surface area contributed by atoms with E-state index in [4.69, 9.17) is 0 Å². The normalized spacial score (nSPS) is 10.6. The Hall–Kier alpha value is -1.86. The van der Waals surface area contributed by atoms with Gasteiger partial charge in [0.1, 0.15) is 5.69 Å². The molecule has 20 heavy (non-hydrogen) atoms. The second kappa shape index (κ2) is 8.34. The van der Waals surface area contributed by atoms with Crippen LogP contribution in [0.1, 0.15) is 38.2 Å². The lowest BCUT2D eigenvalue weighted by molar-refractivity contribution is 0.0953. The fraction of sp³-hybridized carbons (Fsp3) is 0.500. The first kappa shape index (κ1) is 16.2. The molecule has 4 heteroatoms. The average Bonchev–Trinajstić information content (AvgIpc) is 2.42. The van der Waals surface area contributed by atoms with Crippen molar-refractivity contribution in [2.75, 3.05) is 13.1 Å². The van der Waals surface area contributed by atoms with Crippen LogP contribution in [-0.2, 0) is 0 Å². The number of rotatable bonds is 5. The van der Waals surface area contributed by atoms with Gasteiger partial charge in [0.25, 0.3) is 5.91 Å². The maximum Gasteiger partial charge on any atom is 0.270 e. The predicted molar refractivity (Wildman–Crippen MR) is 81.3 cm³/mol. The van der Waals surface area contributed by atoms with Crippen molar-refractivity contribution in [2.24, 2.45) is 0 Å². The molecular formula is C16H23N3O. The molecule has 0 aromatic carbocycles.